The summed E-state index contributed by atoms with van der Waals surface area (Å²) in [4.78, 5) is 0. The molecule has 4 aliphatic rings. The van der Waals surface area contributed by atoms with Crippen LogP contribution in [0.4, 0.5) is 0 Å². The van der Waals surface area contributed by atoms with Crippen molar-refractivity contribution in [2.45, 2.75) is 112 Å². The fourth-order valence-corrected chi connectivity index (χ4v) is 8.50. The van der Waals surface area contributed by atoms with Crippen LogP contribution in [-0.2, 0) is 0 Å². The quantitative estimate of drug-likeness (QED) is 0.455. The van der Waals surface area contributed by atoms with Gasteiger partial charge in [0.2, 0.25) is 0 Å². The maximum atomic E-state index is 10.7. The molecule has 4 rings (SSSR count). The summed E-state index contributed by atoms with van der Waals surface area (Å²) < 4.78 is 0. The number of rotatable bonds is 5. The van der Waals surface area contributed by atoms with Gasteiger partial charge < -0.3 is 5.11 Å². The zero-order valence-electron chi connectivity index (χ0n) is 20.6. The summed E-state index contributed by atoms with van der Waals surface area (Å²) in [7, 11) is 0. The topological polar surface area (TPSA) is 20.2 Å². The van der Waals surface area contributed by atoms with E-state index in [-0.39, 0.29) is 11.5 Å². The molecule has 0 radical (unpaired) electrons. The van der Waals surface area contributed by atoms with Crippen LogP contribution in [0.25, 0.3) is 0 Å². The van der Waals surface area contributed by atoms with Crippen LogP contribution in [0.15, 0.2) is 34.9 Å². The third-order valence-corrected chi connectivity index (χ3v) is 10.4. The predicted octanol–water partition coefficient (Wildman–Crippen LogP) is 8.01. The Morgan fingerprint density at radius 3 is 2.57 bits per heavy atom. The predicted molar refractivity (Wildman–Crippen MR) is 128 cm³/mol. The highest BCUT2D eigenvalue weighted by Gasteiger charge is 2.57. The van der Waals surface area contributed by atoms with Gasteiger partial charge in [-0.25, -0.2) is 0 Å². The summed E-state index contributed by atoms with van der Waals surface area (Å²) in [5, 5.41) is 10.7. The zero-order chi connectivity index (χ0) is 21.9. The largest absolute Gasteiger partial charge is 0.393 e. The maximum absolute atomic E-state index is 10.7. The lowest BCUT2D eigenvalue weighted by Gasteiger charge is -2.59. The van der Waals surface area contributed by atoms with Crippen molar-refractivity contribution in [1.29, 1.82) is 0 Å². The fraction of sp³-hybridized carbons (Fsp3) is 0.793. The van der Waals surface area contributed by atoms with E-state index in [1.807, 2.05) is 0 Å². The third-order valence-electron chi connectivity index (χ3n) is 10.4. The van der Waals surface area contributed by atoms with E-state index in [1.54, 1.807) is 16.7 Å². The van der Waals surface area contributed by atoms with Crippen LogP contribution in [0, 0.1) is 34.0 Å². The summed E-state index contributed by atoms with van der Waals surface area (Å²) >= 11 is 0. The SMILES string of the molecule is C=C(C)CCC[C@@H](C)[C@H]1CC=C2C3=C(CC[C@@]21C)[C@@]1(C)CC[C@H](O)C(C)(C)[C@@H]1CC3. The van der Waals surface area contributed by atoms with Gasteiger partial charge in [0, 0.05) is 0 Å². The highest BCUT2D eigenvalue weighted by Crippen LogP contribution is 2.66. The van der Waals surface area contributed by atoms with Gasteiger partial charge in [-0.05, 0) is 110 Å². The van der Waals surface area contributed by atoms with Gasteiger partial charge in [-0.1, -0.05) is 58.3 Å². The fourth-order valence-electron chi connectivity index (χ4n) is 8.50. The van der Waals surface area contributed by atoms with Crippen LogP contribution in [-0.4, -0.2) is 11.2 Å². The minimum Gasteiger partial charge on any atom is -0.393 e. The van der Waals surface area contributed by atoms with E-state index >= 15 is 0 Å². The average Bonchev–Trinajstić information content (AvgIpc) is 3.02. The molecule has 0 amide bonds. The lowest BCUT2D eigenvalue weighted by Crippen LogP contribution is -2.53. The average molecular weight is 411 g/mol. The van der Waals surface area contributed by atoms with Gasteiger partial charge in [0.15, 0.2) is 0 Å². The molecule has 0 unspecified atom stereocenters. The molecule has 0 heterocycles. The normalized spacial score (nSPS) is 40.9. The maximum Gasteiger partial charge on any atom is 0.0594 e. The van der Waals surface area contributed by atoms with Gasteiger partial charge in [-0.2, -0.15) is 0 Å². The molecule has 0 aromatic rings. The Kier molecular flexibility index (Phi) is 5.70. The van der Waals surface area contributed by atoms with Gasteiger partial charge >= 0.3 is 0 Å². The summed E-state index contributed by atoms with van der Waals surface area (Å²) in [5.74, 6) is 2.22. The van der Waals surface area contributed by atoms with Crippen molar-refractivity contribution < 1.29 is 5.11 Å². The number of fused-ring (bicyclic) bond motifs is 4. The van der Waals surface area contributed by atoms with E-state index in [0.29, 0.717) is 16.7 Å². The van der Waals surface area contributed by atoms with E-state index in [4.69, 9.17) is 0 Å². The Hall–Kier alpha value is -0.820. The summed E-state index contributed by atoms with van der Waals surface area (Å²) in [6.07, 6.45) is 14.9. The smallest absolute Gasteiger partial charge is 0.0594 e. The first-order valence-corrected chi connectivity index (χ1v) is 12.8. The Morgan fingerprint density at radius 1 is 1.13 bits per heavy atom. The molecule has 1 heteroatoms. The Morgan fingerprint density at radius 2 is 1.87 bits per heavy atom. The summed E-state index contributed by atoms with van der Waals surface area (Å²) in [6.45, 7) is 18.6. The molecule has 0 aromatic heterocycles. The highest BCUT2D eigenvalue weighted by atomic mass is 16.3. The van der Waals surface area contributed by atoms with E-state index in [9.17, 15) is 5.11 Å². The van der Waals surface area contributed by atoms with Crippen molar-refractivity contribution in [2.75, 3.05) is 0 Å². The van der Waals surface area contributed by atoms with Crippen LogP contribution in [0.5, 0.6) is 0 Å². The summed E-state index contributed by atoms with van der Waals surface area (Å²) in [6, 6.07) is 0. The van der Waals surface area contributed by atoms with Gasteiger partial charge in [0.1, 0.15) is 0 Å². The molecule has 4 aliphatic carbocycles. The van der Waals surface area contributed by atoms with Crippen molar-refractivity contribution >= 4 is 0 Å². The minimum atomic E-state index is -0.137. The molecule has 0 bridgehead atoms. The number of aliphatic hydroxyl groups excluding tert-OH is 1. The van der Waals surface area contributed by atoms with Crippen LogP contribution in [0.1, 0.15) is 106 Å². The van der Waals surface area contributed by atoms with E-state index < -0.39 is 0 Å². The molecule has 1 saturated carbocycles. The Bertz CT molecular complexity index is 767. The first-order valence-electron chi connectivity index (χ1n) is 12.8. The molecule has 0 saturated heterocycles. The van der Waals surface area contributed by atoms with E-state index in [1.165, 1.54) is 63.4 Å². The van der Waals surface area contributed by atoms with Gasteiger partial charge in [0.05, 0.1) is 6.10 Å². The molecule has 0 aliphatic heterocycles. The molecule has 1 nitrogen and oxygen atoms in total. The number of allylic oxidation sites excluding steroid dienone is 5. The third kappa shape index (κ3) is 3.30. The van der Waals surface area contributed by atoms with Crippen molar-refractivity contribution in [3.63, 3.8) is 0 Å². The van der Waals surface area contributed by atoms with Gasteiger partial charge in [0.25, 0.3) is 0 Å². The van der Waals surface area contributed by atoms with Crippen LogP contribution in [0.3, 0.4) is 0 Å². The van der Waals surface area contributed by atoms with Crippen LogP contribution < -0.4 is 0 Å². The van der Waals surface area contributed by atoms with Crippen molar-refractivity contribution in [1.82, 2.24) is 0 Å². The van der Waals surface area contributed by atoms with Gasteiger partial charge in [-0.15, -0.1) is 6.58 Å². The lowest BCUT2D eigenvalue weighted by atomic mass is 9.46. The molecule has 0 aromatic carbocycles. The highest BCUT2D eigenvalue weighted by molar-refractivity contribution is 5.49. The summed E-state index contributed by atoms with van der Waals surface area (Å²) in [5.41, 5.74) is 7.33. The van der Waals surface area contributed by atoms with Gasteiger partial charge in [-0.3, -0.25) is 0 Å². The second-order valence-corrected chi connectivity index (χ2v) is 12.5. The molecular weight excluding hydrogens is 364 g/mol. The molecule has 0 spiro atoms. The second-order valence-electron chi connectivity index (χ2n) is 12.5. The molecule has 30 heavy (non-hydrogen) atoms. The molecular formula is C29H46O. The molecule has 168 valence electrons. The molecule has 1 fully saturated rings. The molecule has 1 N–H and O–H groups in total. The minimum absolute atomic E-state index is 0.0384. The first kappa shape index (κ1) is 22.4. The lowest BCUT2D eigenvalue weighted by molar-refractivity contribution is -0.0905. The molecule has 6 atom stereocenters. The first-order chi connectivity index (χ1) is 14.0. The van der Waals surface area contributed by atoms with Crippen LogP contribution in [0.2, 0.25) is 0 Å². The zero-order valence-corrected chi connectivity index (χ0v) is 20.6. The van der Waals surface area contributed by atoms with Crippen molar-refractivity contribution in [2.24, 2.45) is 34.0 Å². The van der Waals surface area contributed by atoms with E-state index in [0.717, 1.165) is 18.3 Å². The van der Waals surface area contributed by atoms with Crippen LogP contribution >= 0.6 is 0 Å². The standard InChI is InChI=1S/C29H46O/c1-19(2)9-8-10-20(3)22-12-13-23-21-11-14-25-27(4,5)26(30)16-18-29(25,7)24(21)15-17-28(22,23)6/h13,20,22,25-26,30H,1,8-12,14-18H2,2-7H3/t20-,22-,25+,26+,28-,29-/m1/s1. The van der Waals surface area contributed by atoms with Crippen molar-refractivity contribution in [3.8, 4) is 0 Å². The number of hydrogen-bond donors (Lipinski definition) is 1. The van der Waals surface area contributed by atoms with E-state index in [2.05, 4.69) is 54.2 Å². The second kappa shape index (κ2) is 7.65. The Labute approximate surface area is 186 Å². The van der Waals surface area contributed by atoms with Crippen molar-refractivity contribution in [3.05, 3.63) is 34.9 Å². The Balaban J connectivity index is 1.59. The number of hydrogen-bond acceptors (Lipinski definition) is 1. The monoisotopic (exact) mass is 410 g/mol. The number of aliphatic hydroxyl groups is 1.